The van der Waals surface area contributed by atoms with Gasteiger partial charge in [-0.1, -0.05) is 25.1 Å². The highest BCUT2D eigenvalue weighted by Gasteiger charge is 2.26. The second kappa shape index (κ2) is 8.90. The fraction of sp³-hybridized carbons (Fsp3) is 0.562. The van der Waals surface area contributed by atoms with Gasteiger partial charge < -0.3 is 15.4 Å². The summed E-state index contributed by atoms with van der Waals surface area (Å²) in [5.74, 6) is 0.872. The third kappa shape index (κ3) is 6.36. The fourth-order valence-corrected chi connectivity index (χ4v) is 2.45. The predicted octanol–water partition coefficient (Wildman–Crippen LogP) is 2.38. The van der Waals surface area contributed by atoms with Crippen LogP contribution in [0.1, 0.15) is 26.2 Å². The van der Waals surface area contributed by atoms with Crippen LogP contribution in [-0.2, 0) is 4.79 Å². The molecule has 0 radical (unpaired) electrons. The van der Waals surface area contributed by atoms with Gasteiger partial charge in [-0.05, 0) is 36.9 Å². The van der Waals surface area contributed by atoms with E-state index in [1.54, 1.807) is 0 Å². The van der Waals surface area contributed by atoms with Gasteiger partial charge in [0.25, 0.3) is 0 Å². The highest BCUT2D eigenvalue weighted by Crippen LogP contribution is 2.24. The maximum absolute atomic E-state index is 11.8. The minimum Gasteiger partial charge on any atom is -0.493 e. The molecule has 1 atom stereocenters. The van der Waals surface area contributed by atoms with Crippen molar-refractivity contribution in [3.8, 4) is 5.75 Å². The van der Waals surface area contributed by atoms with Crippen LogP contribution < -0.4 is 15.4 Å². The zero-order valence-corrected chi connectivity index (χ0v) is 13.4. The number of piperidine rings is 1. The van der Waals surface area contributed by atoms with Crippen LogP contribution in [0.2, 0.25) is 0 Å². The van der Waals surface area contributed by atoms with Crippen molar-refractivity contribution in [2.24, 2.45) is 5.41 Å². The van der Waals surface area contributed by atoms with Gasteiger partial charge in [0, 0.05) is 13.1 Å². The predicted molar refractivity (Wildman–Crippen MR) is 87.0 cm³/mol. The van der Waals surface area contributed by atoms with Gasteiger partial charge in [-0.2, -0.15) is 0 Å². The molecule has 118 valence electrons. The number of hydrogen-bond donors (Lipinski definition) is 2. The third-order valence-corrected chi connectivity index (χ3v) is 3.74. The Bertz CT molecular complexity index is 420. The first kappa shape index (κ1) is 17.8. The van der Waals surface area contributed by atoms with Gasteiger partial charge in [0.05, 0.1) is 13.0 Å². The quantitative estimate of drug-likeness (QED) is 0.848. The van der Waals surface area contributed by atoms with Crippen molar-refractivity contribution in [2.45, 2.75) is 26.2 Å². The van der Waals surface area contributed by atoms with Crippen molar-refractivity contribution in [1.82, 2.24) is 10.6 Å². The lowest BCUT2D eigenvalue weighted by atomic mass is 9.83. The van der Waals surface area contributed by atoms with E-state index in [1.807, 2.05) is 30.3 Å². The monoisotopic (exact) mass is 312 g/mol. The fourth-order valence-electron chi connectivity index (χ4n) is 2.45. The maximum atomic E-state index is 11.8. The Balaban J connectivity index is 0.00000220. The molecule has 1 aromatic rings. The molecule has 1 aliphatic rings. The summed E-state index contributed by atoms with van der Waals surface area (Å²) in [6.45, 7) is 5.46. The van der Waals surface area contributed by atoms with Gasteiger partial charge in [-0.15, -0.1) is 12.4 Å². The molecule has 5 heteroatoms. The van der Waals surface area contributed by atoms with E-state index in [9.17, 15) is 4.79 Å². The lowest BCUT2D eigenvalue weighted by Crippen LogP contribution is -2.45. The van der Waals surface area contributed by atoms with E-state index < -0.39 is 0 Å². The van der Waals surface area contributed by atoms with E-state index in [2.05, 4.69) is 17.6 Å². The van der Waals surface area contributed by atoms with Gasteiger partial charge >= 0.3 is 0 Å². The molecule has 0 aromatic heterocycles. The van der Waals surface area contributed by atoms with Crippen molar-refractivity contribution >= 4 is 18.3 Å². The maximum Gasteiger partial charge on any atom is 0.223 e. The Morgan fingerprint density at radius 1 is 1.38 bits per heavy atom. The smallest absolute Gasteiger partial charge is 0.223 e. The molecule has 0 aliphatic carbocycles. The van der Waals surface area contributed by atoms with Crippen LogP contribution >= 0.6 is 12.4 Å². The summed E-state index contributed by atoms with van der Waals surface area (Å²) in [5, 5.41) is 6.41. The van der Waals surface area contributed by atoms with Crippen LogP contribution in [0.15, 0.2) is 30.3 Å². The molecule has 1 saturated heterocycles. The lowest BCUT2D eigenvalue weighted by Gasteiger charge is -2.34. The summed E-state index contributed by atoms with van der Waals surface area (Å²) in [7, 11) is 0. The number of rotatable bonds is 6. The zero-order chi connectivity index (χ0) is 14.3. The Labute approximate surface area is 133 Å². The van der Waals surface area contributed by atoms with E-state index in [-0.39, 0.29) is 23.7 Å². The van der Waals surface area contributed by atoms with Crippen molar-refractivity contribution < 1.29 is 9.53 Å². The van der Waals surface area contributed by atoms with Crippen LogP contribution in [0.4, 0.5) is 0 Å². The molecule has 4 nitrogen and oxygen atoms in total. The normalized spacial score (nSPS) is 21.2. The van der Waals surface area contributed by atoms with Gasteiger partial charge in [0.2, 0.25) is 5.91 Å². The Morgan fingerprint density at radius 2 is 2.14 bits per heavy atom. The molecule has 1 aliphatic heterocycles. The molecule has 2 rings (SSSR count). The number of nitrogens with one attached hydrogen (secondary N) is 2. The first-order valence-corrected chi connectivity index (χ1v) is 7.33. The molecule has 0 bridgehead atoms. The summed E-state index contributed by atoms with van der Waals surface area (Å²) in [6.07, 6.45) is 2.75. The lowest BCUT2D eigenvalue weighted by molar-refractivity contribution is -0.122. The highest BCUT2D eigenvalue weighted by molar-refractivity contribution is 5.85. The number of ether oxygens (including phenoxy) is 1. The van der Waals surface area contributed by atoms with Crippen molar-refractivity contribution in [3.63, 3.8) is 0 Å². The molecular weight excluding hydrogens is 288 g/mol. The molecular formula is C16H25ClN2O2. The molecule has 0 saturated carbocycles. The van der Waals surface area contributed by atoms with Crippen LogP contribution in [-0.4, -0.2) is 32.1 Å². The van der Waals surface area contributed by atoms with Crippen LogP contribution in [0.25, 0.3) is 0 Å². The van der Waals surface area contributed by atoms with Crippen molar-refractivity contribution in [2.75, 3.05) is 26.2 Å². The summed E-state index contributed by atoms with van der Waals surface area (Å²) < 4.78 is 5.52. The standard InChI is InChI=1S/C16H24N2O2.ClH/c1-16(9-5-10-17-12-16)13-18-15(19)8-11-20-14-6-3-2-4-7-14;/h2-4,6-7,17H,5,8-13H2,1H3,(H,18,19);1H. The van der Waals surface area contributed by atoms with E-state index in [0.29, 0.717) is 13.0 Å². The van der Waals surface area contributed by atoms with Crippen LogP contribution in [0, 0.1) is 5.41 Å². The highest BCUT2D eigenvalue weighted by atomic mass is 35.5. The van der Waals surface area contributed by atoms with E-state index in [0.717, 1.165) is 25.4 Å². The topological polar surface area (TPSA) is 50.4 Å². The average molecular weight is 313 g/mol. The van der Waals surface area contributed by atoms with E-state index in [4.69, 9.17) is 4.74 Å². The minimum atomic E-state index is 0. The Kier molecular flexibility index (Phi) is 7.54. The van der Waals surface area contributed by atoms with E-state index >= 15 is 0 Å². The SMILES string of the molecule is CC1(CNC(=O)CCOc2ccccc2)CCCNC1.Cl. The van der Waals surface area contributed by atoms with E-state index in [1.165, 1.54) is 12.8 Å². The summed E-state index contributed by atoms with van der Waals surface area (Å²) in [4.78, 5) is 11.8. The van der Waals surface area contributed by atoms with Gasteiger partial charge in [0.15, 0.2) is 0 Å². The molecule has 21 heavy (non-hydrogen) atoms. The molecule has 2 N–H and O–H groups in total. The molecule has 1 unspecified atom stereocenters. The molecule has 1 aromatic carbocycles. The number of halogens is 1. The van der Waals surface area contributed by atoms with Gasteiger partial charge in [-0.25, -0.2) is 0 Å². The van der Waals surface area contributed by atoms with Crippen molar-refractivity contribution in [1.29, 1.82) is 0 Å². The first-order valence-electron chi connectivity index (χ1n) is 7.33. The second-order valence-electron chi connectivity index (χ2n) is 5.78. The van der Waals surface area contributed by atoms with Crippen LogP contribution in [0.3, 0.4) is 0 Å². The number of carbonyl (C=O) groups excluding carboxylic acids is 1. The Hall–Kier alpha value is -1.26. The zero-order valence-electron chi connectivity index (χ0n) is 12.6. The molecule has 1 heterocycles. The molecule has 1 amide bonds. The average Bonchev–Trinajstić information content (AvgIpc) is 2.47. The number of amides is 1. The van der Waals surface area contributed by atoms with Crippen LogP contribution in [0.5, 0.6) is 5.75 Å². The summed E-state index contributed by atoms with van der Waals surface area (Å²) in [6, 6.07) is 9.58. The summed E-state index contributed by atoms with van der Waals surface area (Å²) >= 11 is 0. The molecule has 1 fully saturated rings. The first-order chi connectivity index (χ1) is 9.68. The second-order valence-corrected chi connectivity index (χ2v) is 5.78. The van der Waals surface area contributed by atoms with Gasteiger partial charge in [0.1, 0.15) is 5.75 Å². The largest absolute Gasteiger partial charge is 0.493 e. The molecule has 0 spiro atoms. The minimum absolute atomic E-state index is 0. The van der Waals surface area contributed by atoms with Gasteiger partial charge in [-0.3, -0.25) is 4.79 Å². The number of hydrogen-bond acceptors (Lipinski definition) is 3. The summed E-state index contributed by atoms with van der Waals surface area (Å²) in [5.41, 5.74) is 0.189. The number of benzene rings is 1. The Morgan fingerprint density at radius 3 is 2.81 bits per heavy atom. The number of carbonyl (C=O) groups is 1. The number of para-hydroxylation sites is 1. The third-order valence-electron chi connectivity index (χ3n) is 3.74. The van der Waals surface area contributed by atoms with Crippen molar-refractivity contribution in [3.05, 3.63) is 30.3 Å².